The molecule has 2 aromatic rings. The molecule has 1 aromatic carbocycles. The minimum absolute atomic E-state index is 0.000683. The van der Waals surface area contributed by atoms with Crippen molar-refractivity contribution in [2.24, 2.45) is 11.7 Å². The number of methoxy groups -OCH3 is 1. The number of nitrogens with two attached hydrogens (primary N) is 1. The third-order valence-electron chi connectivity index (χ3n) is 6.05. The van der Waals surface area contributed by atoms with Crippen LogP contribution in [0, 0.1) is 17.2 Å². The van der Waals surface area contributed by atoms with Crippen molar-refractivity contribution in [1.29, 1.82) is 5.26 Å². The molecule has 0 aliphatic carbocycles. The van der Waals surface area contributed by atoms with E-state index in [-0.39, 0.29) is 17.7 Å². The van der Waals surface area contributed by atoms with Crippen molar-refractivity contribution in [2.75, 3.05) is 26.7 Å². The highest BCUT2D eigenvalue weighted by Crippen LogP contribution is 2.49. The molecule has 1 saturated heterocycles. The Balaban J connectivity index is 1.77. The SMILES string of the molecule is CCN1CC[C@@]2(OC)OC(N)=C(C#N)[C@@H](c3ccc(-c4cccs4)cc3)[C@@H]2C1. The fourth-order valence-corrected chi connectivity index (χ4v) is 5.23. The largest absolute Gasteiger partial charge is 0.446 e. The van der Waals surface area contributed by atoms with Gasteiger partial charge in [-0.2, -0.15) is 5.26 Å². The van der Waals surface area contributed by atoms with Gasteiger partial charge in [-0.1, -0.05) is 37.3 Å². The molecule has 4 rings (SSSR count). The molecule has 2 N–H and O–H groups in total. The summed E-state index contributed by atoms with van der Waals surface area (Å²) in [5, 5.41) is 11.9. The molecular formula is C22H25N3O2S. The second-order valence-corrected chi connectivity index (χ2v) is 8.28. The molecule has 146 valence electrons. The van der Waals surface area contributed by atoms with Crippen molar-refractivity contribution in [3.63, 3.8) is 0 Å². The molecule has 6 heteroatoms. The van der Waals surface area contributed by atoms with Gasteiger partial charge in [0.2, 0.25) is 11.7 Å². The number of hydrogen-bond donors (Lipinski definition) is 1. The number of likely N-dealkylation sites (tertiary alicyclic amines) is 1. The quantitative estimate of drug-likeness (QED) is 0.850. The number of hydrogen-bond acceptors (Lipinski definition) is 6. The van der Waals surface area contributed by atoms with Crippen molar-refractivity contribution >= 4 is 11.3 Å². The van der Waals surface area contributed by atoms with Gasteiger partial charge in [-0.3, -0.25) is 0 Å². The van der Waals surface area contributed by atoms with Gasteiger partial charge >= 0.3 is 0 Å². The van der Waals surface area contributed by atoms with E-state index in [0.29, 0.717) is 5.57 Å². The second kappa shape index (κ2) is 7.59. The lowest BCUT2D eigenvalue weighted by molar-refractivity contribution is -0.265. The van der Waals surface area contributed by atoms with E-state index in [1.807, 2.05) is 0 Å². The summed E-state index contributed by atoms with van der Waals surface area (Å²) in [6.07, 6.45) is 0.727. The van der Waals surface area contributed by atoms with Crippen LogP contribution < -0.4 is 5.73 Å². The molecular weight excluding hydrogens is 370 g/mol. The average Bonchev–Trinajstić information content (AvgIpc) is 3.27. The number of nitrogens with zero attached hydrogens (tertiary/aromatic N) is 2. The molecule has 2 aliphatic rings. The molecule has 3 heterocycles. The van der Waals surface area contributed by atoms with Gasteiger partial charge in [0.1, 0.15) is 6.07 Å². The zero-order chi connectivity index (χ0) is 19.7. The Morgan fingerprint density at radius 1 is 1.36 bits per heavy atom. The normalized spacial score (nSPS) is 27.8. The van der Waals surface area contributed by atoms with Crippen LogP contribution in [-0.2, 0) is 9.47 Å². The molecule has 0 amide bonds. The van der Waals surface area contributed by atoms with E-state index in [2.05, 4.69) is 59.7 Å². The molecule has 1 aromatic heterocycles. The Hall–Kier alpha value is -2.33. The first kappa shape index (κ1) is 19.0. The average molecular weight is 396 g/mol. The summed E-state index contributed by atoms with van der Waals surface area (Å²) in [4.78, 5) is 3.62. The van der Waals surface area contributed by atoms with E-state index < -0.39 is 5.79 Å². The molecule has 0 bridgehead atoms. The molecule has 2 aliphatic heterocycles. The van der Waals surface area contributed by atoms with E-state index in [0.717, 1.165) is 31.6 Å². The van der Waals surface area contributed by atoms with Crippen LogP contribution in [0.3, 0.4) is 0 Å². The Morgan fingerprint density at radius 3 is 2.75 bits per heavy atom. The van der Waals surface area contributed by atoms with Crippen molar-refractivity contribution < 1.29 is 9.47 Å². The molecule has 0 radical (unpaired) electrons. The lowest BCUT2D eigenvalue weighted by Crippen LogP contribution is -2.58. The minimum Gasteiger partial charge on any atom is -0.446 e. The Bertz CT molecular complexity index is 901. The van der Waals surface area contributed by atoms with E-state index >= 15 is 0 Å². The van der Waals surface area contributed by atoms with Crippen LogP contribution in [0.25, 0.3) is 10.4 Å². The number of rotatable bonds is 4. The van der Waals surface area contributed by atoms with E-state index in [1.165, 1.54) is 10.4 Å². The lowest BCUT2D eigenvalue weighted by Gasteiger charge is -2.51. The second-order valence-electron chi connectivity index (χ2n) is 7.33. The third kappa shape index (κ3) is 3.10. The smallest absolute Gasteiger partial charge is 0.218 e. The highest BCUT2D eigenvalue weighted by Gasteiger charge is 2.54. The van der Waals surface area contributed by atoms with E-state index in [9.17, 15) is 5.26 Å². The fraction of sp³-hybridized carbons (Fsp3) is 0.409. The van der Waals surface area contributed by atoms with Crippen LogP contribution in [0.4, 0.5) is 0 Å². The summed E-state index contributed by atoms with van der Waals surface area (Å²) in [5.74, 6) is -0.739. The molecule has 1 fully saturated rings. The highest BCUT2D eigenvalue weighted by atomic mass is 32.1. The molecule has 0 saturated carbocycles. The summed E-state index contributed by atoms with van der Waals surface area (Å²) in [7, 11) is 1.68. The van der Waals surface area contributed by atoms with Crippen LogP contribution in [0.2, 0.25) is 0 Å². The number of benzene rings is 1. The zero-order valence-corrected chi connectivity index (χ0v) is 17.0. The van der Waals surface area contributed by atoms with Crippen molar-refractivity contribution in [2.45, 2.75) is 25.0 Å². The Kier molecular flexibility index (Phi) is 5.15. The molecule has 5 nitrogen and oxygen atoms in total. The molecule has 0 unspecified atom stereocenters. The summed E-state index contributed by atoms with van der Waals surface area (Å²) in [5.41, 5.74) is 8.96. The van der Waals surface area contributed by atoms with Gasteiger partial charge in [0.25, 0.3) is 0 Å². The van der Waals surface area contributed by atoms with Gasteiger partial charge in [-0.15, -0.1) is 11.3 Å². The first-order chi connectivity index (χ1) is 13.6. The fourth-order valence-electron chi connectivity index (χ4n) is 4.49. The first-order valence-corrected chi connectivity index (χ1v) is 10.5. The van der Waals surface area contributed by atoms with Crippen molar-refractivity contribution in [3.8, 4) is 16.5 Å². The molecule has 0 spiro atoms. The van der Waals surface area contributed by atoms with Crippen LogP contribution >= 0.6 is 11.3 Å². The summed E-state index contributed by atoms with van der Waals surface area (Å²) in [6, 6.07) is 14.9. The predicted octanol–water partition coefficient (Wildman–Crippen LogP) is 3.91. The lowest BCUT2D eigenvalue weighted by atomic mass is 9.72. The van der Waals surface area contributed by atoms with E-state index in [4.69, 9.17) is 15.2 Å². The topological polar surface area (TPSA) is 71.5 Å². The number of ether oxygens (including phenoxy) is 2. The number of nitriles is 1. The van der Waals surface area contributed by atoms with Crippen LogP contribution in [0.1, 0.15) is 24.8 Å². The molecule has 3 atom stereocenters. The van der Waals surface area contributed by atoms with Gasteiger partial charge in [0.05, 0.1) is 5.57 Å². The van der Waals surface area contributed by atoms with E-state index in [1.54, 1.807) is 18.4 Å². The minimum atomic E-state index is -0.785. The van der Waals surface area contributed by atoms with Crippen molar-refractivity contribution in [3.05, 3.63) is 58.8 Å². The van der Waals surface area contributed by atoms with Gasteiger partial charge in [-0.05, 0) is 29.1 Å². The van der Waals surface area contributed by atoms with Gasteiger partial charge in [0, 0.05) is 43.3 Å². The van der Waals surface area contributed by atoms with Gasteiger partial charge in [0.15, 0.2) is 0 Å². The third-order valence-corrected chi connectivity index (χ3v) is 6.97. The maximum Gasteiger partial charge on any atom is 0.218 e. The number of piperidine rings is 1. The highest BCUT2D eigenvalue weighted by molar-refractivity contribution is 7.13. The number of fused-ring (bicyclic) bond motifs is 1. The zero-order valence-electron chi connectivity index (χ0n) is 16.2. The van der Waals surface area contributed by atoms with Crippen molar-refractivity contribution in [1.82, 2.24) is 4.90 Å². The molecule has 28 heavy (non-hydrogen) atoms. The summed E-state index contributed by atoms with van der Waals surface area (Å²) >= 11 is 1.72. The maximum atomic E-state index is 9.85. The maximum absolute atomic E-state index is 9.85. The Morgan fingerprint density at radius 2 is 2.14 bits per heavy atom. The monoisotopic (exact) mass is 395 g/mol. The van der Waals surface area contributed by atoms with Gasteiger partial charge < -0.3 is 20.1 Å². The summed E-state index contributed by atoms with van der Waals surface area (Å²) < 4.78 is 11.9. The Labute approximate surface area is 170 Å². The van der Waals surface area contributed by atoms with Crippen LogP contribution in [0.5, 0.6) is 0 Å². The van der Waals surface area contributed by atoms with Gasteiger partial charge in [-0.25, -0.2) is 0 Å². The van der Waals surface area contributed by atoms with Crippen LogP contribution in [0.15, 0.2) is 53.2 Å². The number of thiophene rings is 1. The van der Waals surface area contributed by atoms with Crippen LogP contribution in [-0.4, -0.2) is 37.4 Å². The standard InChI is InChI=1S/C22H25N3O2S/c1-3-25-11-10-22(26-2)18(14-25)20(17(13-23)21(24)27-22)16-8-6-15(7-9-16)19-5-4-12-28-19/h4-9,12,18,20H,3,10-11,14,24H2,1-2H3/t18-,20+,22+/m0/s1. The number of allylic oxidation sites excluding steroid dienone is 1. The summed E-state index contributed by atoms with van der Waals surface area (Å²) in [6.45, 7) is 4.81. The predicted molar refractivity (Wildman–Crippen MR) is 110 cm³/mol. The first-order valence-electron chi connectivity index (χ1n) is 9.62.